The fourth-order valence-corrected chi connectivity index (χ4v) is 2.80. The van der Waals surface area contributed by atoms with E-state index >= 15 is 0 Å². The second-order valence-corrected chi connectivity index (χ2v) is 5.63. The molecule has 1 aromatic rings. The van der Waals surface area contributed by atoms with E-state index in [2.05, 4.69) is 5.10 Å². The Morgan fingerprint density at radius 2 is 2.33 bits per heavy atom. The highest BCUT2D eigenvalue weighted by Gasteiger charge is 2.29. The summed E-state index contributed by atoms with van der Waals surface area (Å²) in [6.07, 6.45) is 3.05. The van der Waals surface area contributed by atoms with Gasteiger partial charge in [0.05, 0.1) is 25.8 Å². The molecule has 0 unspecified atom stereocenters. The van der Waals surface area contributed by atoms with E-state index in [4.69, 9.17) is 9.94 Å². The fourth-order valence-electron chi connectivity index (χ4n) is 1.54. The van der Waals surface area contributed by atoms with Gasteiger partial charge in [0, 0.05) is 12.7 Å². The zero-order valence-corrected chi connectivity index (χ0v) is 10.3. The van der Waals surface area contributed by atoms with Crippen molar-refractivity contribution in [2.75, 3.05) is 13.2 Å². The zero-order chi connectivity index (χ0) is 13.2. The number of carboxylic acids is 1. The van der Waals surface area contributed by atoms with E-state index in [1.165, 1.54) is 17.1 Å². The van der Waals surface area contributed by atoms with Crippen LogP contribution in [-0.4, -0.2) is 46.9 Å². The molecular formula is C9H13N3O5S. The highest BCUT2D eigenvalue weighted by Crippen LogP contribution is 2.19. The first-order valence-corrected chi connectivity index (χ1v) is 6.84. The van der Waals surface area contributed by atoms with Crippen LogP contribution in [-0.2, 0) is 26.2 Å². The molecule has 0 aliphatic carbocycles. The maximum atomic E-state index is 12.0. The fraction of sp³-hybridized carbons (Fsp3) is 0.556. The Labute approximate surface area is 104 Å². The molecule has 1 N–H and O–H groups in total. The molecule has 1 aromatic heterocycles. The minimum Gasteiger partial charge on any atom is -0.481 e. The monoisotopic (exact) mass is 275 g/mol. The first-order valence-electron chi connectivity index (χ1n) is 5.40. The molecule has 18 heavy (non-hydrogen) atoms. The predicted octanol–water partition coefficient (Wildman–Crippen LogP) is -0.316. The van der Waals surface area contributed by atoms with Crippen LogP contribution in [0.1, 0.15) is 12.8 Å². The number of sulfonamides is 1. The molecule has 0 amide bonds. The first kappa shape index (κ1) is 13.0. The van der Waals surface area contributed by atoms with Crippen LogP contribution in [0, 0.1) is 0 Å². The van der Waals surface area contributed by atoms with Crippen molar-refractivity contribution in [2.45, 2.75) is 24.3 Å². The Kier molecular flexibility index (Phi) is 3.64. The molecule has 0 saturated carbocycles. The van der Waals surface area contributed by atoms with E-state index < -0.39 is 16.0 Å². The van der Waals surface area contributed by atoms with Gasteiger partial charge in [-0.3, -0.25) is 14.3 Å². The van der Waals surface area contributed by atoms with Gasteiger partial charge in [-0.05, 0) is 6.42 Å². The minimum absolute atomic E-state index is 0.00906. The molecule has 1 saturated heterocycles. The van der Waals surface area contributed by atoms with E-state index in [1.807, 2.05) is 0 Å². The number of nitrogens with zero attached hydrogens (tertiary/aromatic N) is 3. The van der Waals surface area contributed by atoms with Gasteiger partial charge >= 0.3 is 5.97 Å². The van der Waals surface area contributed by atoms with Crippen LogP contribution < -0.4 is 0 Å². The third kappa shape index (κ3) is 2.68. The summed E-state index contributed by atoms with van der Waals surface area (Å²) in [7, 11) is -3.68. The van der Waals surface area contributed by atoms with E-state index in [-0.39, 0.29) is 17.9 Å². The van der Waals surface area contributed by atoms with Crippen molar-refractivity contribution >= 4 is 16.0 Å². The number of aryl methyl sites for hydroxylation is 1. The lowest BCUT2D eigenvalue weighted by Crippen LogP contribution is -2.26. The average Bonchev–Trinajstić information content (AvgIpc) is 2.98. The molecule has 8 nitrogen and oxygen atoms in total. The van der Waals surface area contributed by atoms with Gasteiger partial charge in [-0.15, -0.1) is 0 Å². The van der Waals surface area contributed by atoms with Crippen molar-refractivity contribution in [3.63, 3.8) is 0 Å². The molecule has 100 valence electrons. The summed E-state index contributed by atoms with van der Waals surface area (Å²) >= 11 is 0. The summed E-state index contributed by atoms with van der Waals surface area (Å²) < 4.78 is 26.3. The smallest absolute Gasteiger partial charge is 0.305 e. The van der Waals surface area contributed by atoms with Gasteiger partial charge < -0.3 is 5.11 Å². The van der Waals surface area contributed by atoms with Crippen molar-refractivity contribution in [2.24, 2.45) is 0 Å². The Balaban J connectivity index is 2.11. The second kappa shape index (κ2) is 5.04. The maximum Gasteiger partial charge on any atom is 0.305 e. The van der Waals surface area contributed by atoms with Crippen LogP contribution in [0.15, 0.2) is 17.3 Å². The summed E-state index contributed by atoms with van der Waals surface area (Å²) in [6, 6.07) is 0. The van der Waals surface area contributed by atoms with Crippen molar-refractivity contribution in [3.8, 4) is 0 Å². The Bertz CT molecular complexity index is 532. The third-order valence-corrected chi connectivity index (χ3v) is 4.08. The second-order valence-electron chi connectivity index (χ2n) is 3.80. The maximum absolute atomic E-state index is 12.0. The number of carboxylic acid groups (broad SMARTS) is 1. The van der Waals surface area contributed by atoms with Gasteiger partial charge in [0.1, 0.15) is 4.90 Å². The lowest BCUT2D eigenvalue weighted by molar-refractivity contribution is -0.137. The number of rotatable bonds is 5. The quantitative estimate of drug-likeness (QED) is 0.790. The number of aliphatic carboxylic acids is 1. The molecule has 2 rings (SSSR count). The molecule has 0 radical (unpaired) electrons. The molecule has 1 fully saturated rings. The zero-order valence-electron chi connectivity index (χ0n) is 9.52. The van der Waals surface area contributed by atoms with Crippen LogP contribution in [0.5, 0.6) is 0 Å². The number of carbonyl (C=O) groups is 1. The van der Waals surface area contributed by atoms with E-state index in [0.717, 1.165) is 4.47 Å². The molecule has 0 atom stereocenters. The summed E-state index contributed by atoms with van der Waals surface area (Å²) in [5, 5.41) is 12.3. The minimum atomic E-state index is -3.68. The highest BCUT2D eigenvalue weighted by atomic mass is 32.2. The lowest BCUT2D eigenvalue weighted by Gasteiger charge is -2.12. The Morgan fingerprint density at radius 3 is 2.94 bits per heavy atom. The van der Waals surface area contributed by atoms with Crippen LogP contribution >= 0.6 is 0 Å². The normalized spacial score (nSPS) is 17.1. The molecular weight excluding hydrogens is 262 g/mol. The molecule has 0 aromatic carbocycles. The van der Waals surface area contributed by atoms with Gasteiger partial charge in [0.2, 0.25) is 0 Å². The Morgan fingerprint density at radius 1 is 1.56 bits per heavy atom. The summed E-state index contributed by atoms with van der Waals surface area (Å²) in [4.78, 5) is 15.4. The van der Waals surface area contributed by atoms with E-state index in [1.54, 1.807) is 0 Å². The van der Waals surface area contributed by atoms with Gasteiger partial charge in [-0.1, -0.05) is 4.47 Å². The molecule has 0 spiro atoms. The lowest BCUT2D eigenvalue weighted by atomic mass is 10.4. The number of hydrogen-bond acceptors (Lipinski definition) is 5. The molecule has 9 heteroatoms. The molecule has 2 heterocycles. The standard InChI is InChI=1S/C9H13N3O5S/c13-9(14)2-4-11-7-8(6-10-11)18(15,16)12-3-1-5-17-12/h6-7H,1-5H2,(H,13,14). The van der Waals surface area contributed by atoms with Gasteiger partial charge in [-0.25, -0.2) is 8.42 Å². The topological polar surface area (TPSA) is 102 Å². The van der Waals surface area contributed by atoms with Crippen molar-refractivity contribution in [3.05, 3.63) is 12.4 Å². The average molecular weight is 275 g/mol. The summed E-state index contributed by atoms with van der Waals surface area (Å²) in [6.45, 7) is 0.834. The molecule has 1 aliphatic heterocycles. The molecule has 1 aliphatic rings. The largest absolute Gasteiger partial charge is 0.481 e. The van der Waals surface area contributed by atoms with Crippen LogP contribution in [0.3, 0.4) is 0 Å². The number of aromatic nitrogens is 2. The van der Waals surface area contributed by atoms with Crippen LogP contribution in [0.25, 0.3) is 0 Å². The van der Waals surface area contributed by atoms with Crippen LogP contribution in [0.4, 0.5) is 0 Å². The molecule has 0 bridgehead atoms. The SMILES string of the molecule is O=C(O)CCn1cc(S(=O)(=O)N2CCCO2)cn1. The van der Waals surface area contributed by atoms with Crippen molar-refractivity contribution in [1.82, 2.24) is 14.2 Å². The van der Waals surface area contributed by atoms with Crippen molar-refractivity contribution < 1.29 is 23.2 Å². The van der Waals surface area contributed by atoms with E-state index in [0.29, 0.717) is 19.6 Å². The number of hydroxylamine groups is 1. The summed E-state index contributed by atoms with van der Waals surface area (Å²) in [5.41, 5.74) is 0. The third-order valence-electron chi connectivity index (χ3n) is 2.45. The van der Waals surface area contributed by atoms with E-state index in [9.17, 15) is 13.2 Å². The Hall–Kier alpha value is -1.45. The summed E-state index contributed by atoms with van der Waals surface area (Å²) in [5.74, 6) is -0.960. The number of hydrogen-bond donors (Lipinski definition) is 1. The van der Waals surface area contributed by atoms with Gasteiger partial charge in [-0.2, -0.15) is 5.10 Å². The predicted molar refractivity (Wildman–Crippen MR) is 58.9 cm³/mol. The first-order chi connectivity index (χ1) is 8.50. The van der Waals surface area contributed by atoms with Crippen molar-refractivity contribution in [1.29, 1.82) is 0 Å². The van der Waals surface area contributed by atoms with Gasteiger partial charge in [0.15, 0.2) is 0 Å². The van der Waals surface area contributed by atoms with Crippen LogP contribution in [0.2, 0.25) is 0 Å². The highest BCUT2D eigenvalue weighted by molar-refractivity contribution is 7.89. The van der Waals surface area contributed by atoms with Gasteiger partial charge in [0.25, 0.3) is 10.0 Å².